The summed E-state index contributed by atoms with van der Waals surface area (Å²) in [4.78, 5) is 0. The van der Waals surface area contributed by atoms with Crippen molar-refractivity contribution in [1.29, 1.82) is 0 Å². The summed E-state index contributed by atoms with van der Waals surface area (Å²) in [5.41, 5.74) is 3.05. The Balaban J connectivity index is 5.84. The second kappa shape index (κ2) is 10.6. The standard InChI is InChI=1S/C20H24/c1-7-12-15-17(6)20(18(10-4)14-9-3)19(11-5)16-13-8-2/h7-16,20H,1,3-6H2,2H3/b13-8-,15-12-,18-14+,19-16+. The fourth-order valence-corrected chi connectivity index (χ4v) is 1.82. The first-order valence-electron chi connectivity index (χ1n) is 6.54. The topological polar surface area (TPSA) is 0 Å². The van der Waals surface area contributed by atoms with E-state index in [0.29, 0.717) is 0 Å². The zero-order valence-electron chi connectivity index (χ0n) is 12.4. The molecule has 1 atom stereocenters. The van der Waals surface area contributed by atoms with E-state index in [9.17, 15) is 0 Å². The summed E-state index contributed by atoms with van der Waals surface area (Å²) in [5, 5.41) is 0. The van der Waals surface area contributed by atoms with Gasteiger partial charge in [-0.15, -0.1) is 0 Å². The van der Waals surface area contributed by atoms with E-state index in [1.165, 1.54) is 0 Å². The molecule has 0 saturated heterocycles. The van der Waals surface area contributed by atoms with E-state index < -0.39 is 0 Å². The van der Waals surface area contributed by atoms with Crippen molar-refractivity contribution in [3.8, 4) is 0 Å². The van der Waals surface area contributed by atoms with Crippen molar-refractivity contribution >= 4 is 0 Å². The highest BCUT2D eigenvalue weighted by molar-refractivity contribution is 5.46. The van der Waals surface area contributed by atoms with Gasteiger partial charge in [0, 0.05) is 5.92 Å². The van der Waals surface area contributed by atoms with Crippen LogP contribution in [0.15, 0.2) is 110 Å². The third-order valence-electron chi connectivity index (χ3n) is 2.75. The summed E-state index contributed by atoms with van der Waals surface area (Å²) in [6, 6.07) is 0. The lowest BCUT2D eigenvalue weighted by Crippen LogP contribution is -2.07. The van der Waals surface area contributed by atoms with Gasteiger partial charge in [-0.3, -0.25) is 0 Å². The molecule has 0 rings (SSSR count). The van der Waals surface area contributed by atoms with Gasteiger partial charge in [-0.2, -0.15) is 0 Å². The Kier molecular flexibility index (Phi) is 9.33. The fourth-order valence-electron chi connectivity index (χ4n) is 1.82. The maximum absolute atomic E-state index is 4.15. The molecule has 0 amide bonds. The van der Waals surface area contributed by atoms with Crippen LogP contribution in [0.5, 0.6) is 0 Å². The van der Waals surface area contributed by atoms with Gasteiger partial charge in [0.25, 0.3) is 0 Å². The third kappa shape index (κ3) is 5.53. The molecule has 0 aromatic carbocycles. The van der Waals surface area contributed by atoms with E-state index in [1.807, 2.05) is 55.5 Å². The first-order valence-corrected chi connectivity index (χ1v) is 6.54. The molecule has 0 saturated carbocycles. The molecule has 0 aliphatic heterocycles. The van der Waals surface area contributed by atoms with Crippen LogP contribution in [0.1, 0.15) is 6.92 Å². The average molecular weight is 264 g/mol. The molecule has 0 heteroatoms. The van der Waals surface area contributed by atoms with E-state index in [0.717, 1.165) is 16.7 Å². The minimum atomic E-state index is 0.00963. The molecule has 0 aromatic rings. The SMILES string of the molecule is C=C/C=C\C(=C)C(/C(C=C)=C/C=C)/C(C=C)=C/C=C\C. The van der Waals surface area contributed by atoms with Gasteiger partial charge < -0.3 is 0 Å². The normalized spacial score (nSPS) is 14.2. The second-order valence-electron chi connectivity index (χ2n) is 4.11. The van der Waals surface area contributed by atoms with Crippen molar-refractivity contribution in [3.05, 3.63) is 110 Å². The summed E-state index contributed by atoms with van der Waals surface area (Å²) in [6.45, 7) is 21.3. The lowest BCUT2D eigenvalue weighted by Gasteiger charge is -2.20. The van der Waals surface area contributed by atoms with E-state index >= 15 is 0 Å². The Hall–Kier alpha value is -2.34. The Bertz CT molecular complexity index is 490. The maximum Gasteiger partial charge on any atom is 0.0333 e. The first kappa shape index (κ1) is 17.7. The van der Waals surface area contributed by atoms with E-state index in [-0.39, 0.29) is 5.92 Å². The van der Waals surface area contributed by atoms with Crippen LogP contribution < -0.4 is 0 Å². The lowest BCUT2D eigenvalue weighted by atomic mass is 9.84. The second-order valence-corrected chi connectivity index (χ2v) is 4.11. The van der Waals surface area contributed by atoms with Crippen LogP contribution in [0.25, 0.3) is 0 Å². The van der Waals surface area contributed by atoms with Gasteiger partial charge in [0.05, 0.1) is 0 Å². The summed E-state index contributed by atoms with van der Waals surface area (Å²) < 4.78 is 0. The first-order chi connectivity index (χ1) is 9.65. The van der Waals surface area contributed by atoms with Gasteiger partial charge in [-0.25, -0.2) is 0 Å². The average Bonchev–Trinajstić information content (AvgIpc) is 2.47. The fraction of sp³-hybridized carbons (Fsp3) is 0.100. The maximum atomic E-state index is 4.15. The van der Waals surface area contributed by atoms with Gasteiger partial charge in [0.2, 0.25) is 0 Å². The molecule has 0 heterocycles. The van der Waals surface area contributed by atoms with Crippen LogP contribution in [-0.2, 0) is 0 Å². The molecule has 1 unspecified atom stereocenters. The highest BCUT2D eigenvalue weighted by atomic mass is 14.2. The van der Waals surface area contributed by atoms with E-state index in [1.54, 1.807) is 12.2 Å². The van der Waals surface area contributed by atoms with Gasteiger partial charge >= 0.3 is 0 Å². The molecule has 104 valence electrons. The van der Waals surface area contributed by atoms with Crippen molar-refractivity contribution in [3.63, 3.8) is 0 Å². The summed E-state index contributed by atoms with van der Waals surface area (Å²) in [5.74, 6) is 0.00963. The van der Waals surface area contributed by atoms with Crippen LogP contribution >= 0.6 is 0 Å². The van der Waals surface area contributed by atoms with Crippen molar-refractivity contribution in [2.24, 2.45) is 5.92 Å². The van der Waals surface area contributed by atoms with E-state index in [2.05, 4.69) is 32.9 Å². The number of rotatable bonds is 9. The van der Waals surface area contributed by atoms with Gasteiger partial charge in [-0.05, 0) is 23.6 Å². The highest BCUT2D eigenvalue weighted by Gasteiger charge is 2.16. The summed E-state index contributed by atoms with van der Waals surface area (Å²) >= 11 is 0. The largest absolute Gasteiger partial charge is 0.0991 e. The Morgan fingerprint density at radius 2 is 1.45 bits per heavy atom. The lowest BCUT2D eigenvalue weighted by molar-refractivity contribution is 0.911. The molecular formula is C20H24. The Morgan fingerprint density at radius 1 is 0.850 bits per heavy atom. The predicted molar refractivity (Wildman–Crippen MR) is 93.5 cm³/mol. The smallest absolute Gasteiger partial charge is 0.0333 e. The van der Waals surface area contributed by atoms with Gasteiger partial charge in [0.1, 0.15) is 0 Å². The monoisotopic (exact) mass is 264 g/mol. The minimum absolute atomic E-state index is 0.00963. The Morgan fingerprint density at radius 3 is 1.90 bits per heavy atom. The van der Waals surface area contributed by atoms with E-state index in [4.69, 9.17) is 0 Å². The highest BCUT2D eigenvalue weighted by Crippen LogP contribution is 2.30. The third-order valence-corrected chi connectivity index (χ3v) is 2.75. The molecule has 0 radical (unpaired) electrons. The molecule has 20 heavy (non-hydrogen) atoms. The molecule has 0 bridgehead atoms. The molecule has 0 fully saturated rings. The zero-order valence-corrected chi connectivity index (χ0v) is 12.4. The zero-order chi connectivity index (χ0) is 15.4. The van der Waals surface area contributed by atoms with Crippen LogP contribution in [0.4, 0.5) is 0 Å². The molecule has 0 nitrogen and oxygen atoms in total. The molecule has 0 aliphatic carbocycles. The van der Waals surface area contributed by atoms with Gasteiger partial charge in [-0.1, -0.05) is 93.7 Å². The summed E-state index contributed by atoms with van der Waals surface area (Å²) in [6.07, 6.45) is 18.9. The van der Waals surface area contributed by atoms with Crippen LogP contribution in [-0.4, -0.2) is 0 Å². The Labute approximate surface area is 123 Å². The van der Waals surface area contributed by atoms with Gasteiger partial charge in [0.15, 0.2) is 0 Å². The van der Waals surface area contributed by atoms with Crippen molar-refractivity contribution in [1.82, 2.24) is 0 Å². The number of allylic oxidation sites excluding steroid dienone is 13. The number of hydrogen-bond acceptors (Lipinski definition) is 0. The van der Waals surface area contributed by atoms with Crippen LogP contribution in [0.3, 0.4) is 0 Å². The predicted octanol–water partition coefficient (Wildman–Crippen LogP) is 5.89. The number of hydrogen-bond donors (Lipinski definition) is 0. The van der Waals surface area contributed by atoms with Crippen molar-refractivity contribution < 1.29 is 0 Å². The summed E-state index contributed by atoms with van der Waals surface area (Å²) in [7, 11) is 0. The molecule has 0 N–H and O–H groups in total. The molecule has 0 aromatic heterocycles. The molecule has 0 spiro atoms. The van der Waals surface area contributed by atoms with Crippen LogP contribution in [0, 0.1) is 5.92 Å². The van der Waals surface area contributed by atoms with Crippen molar-refractivity contribution in [2.75, 3.05) is 0 Å². The quantitative estimate of drug-likeness (QED) is 0.456. The minimum Gasteiger partial charge on any atom is -0.0991 e. The molecule has 0 aliphatic rings. The van der Waals surface area contributed by atoms with Crippen molar-refractivity contribution in [2.45, 2.75) is 6.92 Å². The van der Waals surface area contributed by atoms with Crippen LogP contribution in [0.2, 0.25) is 0 Å². The molecular weight excluding hydrogens is 240 g/mol.